The lowest BCUT2D eigenvalue weighted by Crippen LogP contribution is -2.34. The van der Waals surface area contributed by atoms with Crippen molar-refractivity contribution < 1.29 is 14.6 Å². The van der Waals surface area contributed by atoms with Crippen LogP contribution in [-0.4, -0.2) is 78.9 Å². The largest absolute Gasteiger partial charge is 0.396 e. The molecule has 148 valence electrons. The minimum atomic E-state index is 0.0496. The van der Waals surface area contributed by atoms with Crippen molar-refractivity contribution in [2.75, 3.05) is 53.6 Å². The number of likely N-dealkylation sites (tertiary alicyclic amines) is 1. The third-order valence-corrected chi connectivity index (χ3v) is 5.85. The number of methoxy groups -OCH3 is 1. The van der Waals surface area contributed by atoms with E-state index in [0.717, 1.165) is 24.0 Å². The summed E-state index contributed by atoms with van der Waals surface area (Å²) in [6.45, 7) is 5.86. The quantitative estimate of drug-likeness (QED) is 0.803. The van der Waals surface area contributed by atoms with Gasteiger partial charge in [-0.15, -0.1) is 0 Å². The first-order chi connectivity index (χ1) is 13.0. The second-order valence-electron chi connectivity index (χ2n) is 7.76. The average molecular weight is 373 g/mol. The van der Waals surface area contributed by atoms with Crippen LogP contribution >= 0.6 is 0 Å². The van der Waals surface area contributed by atoms with Crippen molar-refractivity contribution in [3.63, 3.8) is 0 Å². The summed E-state index contributed by atoms with van der Waals surface area (Å²) in [6.07, 6.45) is 0. The average Bonchev–Trinajstić information content (AvgIpc) is 3.22. The van der Waals surface area contributed by atoms with E-state index in [4.69, 9.17) is 4.74 Å². The van der Waals surface area contributed by atoms with E-state index in [1.165, 1.54) is 5.56 Å². The first-order valence-corrected chi connectivity index (χ1v) is 9.59. The second-order valence-corrected chi connectivity index (χ2v) is 7.76. The van der Waals surface area contributed by atoms with E-state index in [0.29, 0.717) is 25.4 Å². The van der Waals surface area contributed by atoms with E-state index in [2.05, 4.69) is 24.9 Å². The zero-order chi connectivity index (χ0) is 19.6. The van der Waals surface area contributed by atoms with Crippen LogP contribution in [0.4, 0.5) is 0 Å². The van der Waals surface area contributed by atoms with E-state index in [-0.39, 0.29) is 24.3 Å². The Morgan fingerprint density at radius 3 is 2.74 bits per heavy atom. The molecular formula is C21H31N3O3. The molecule has 0 radical (unpaired) electrons. The molecule has 1 aliphatic heterocycles. The highest BCUT2D eigenvalue weighted by molar-refractivity contribution is 5.99. The highest BCUT2D eigenvalue weighted by atomic mass is 16.5. The summed E-state index contributed by atoms with van der Waals surface area (Å²) in [4.78, 5) is 17.3. The van der Waals surface area contributed by atoms with Gasteiger partial charge in [-0.3, -0.25) is 4.79 Å². The van der Waals surface area contributed by atoms with Crippen molar-refractivity contribution in [1.82, 2.24) is 14.4 Å². The van der Waals surface area contributed by atoms with Crippen LogP contribution < -0.4 is 0 Å². The lowest BCUT2D eigenvalue weighted by atomic mass is 9.96. The number of fused-ring (bicyclic) bond motifs is 1. The second kappa shape index (κ2) is 8.42. The number of aromatic nitrogens is 1. The van der Waals surface area contributed by atoms with Crippen LogP contribution in [0.25, 0.3) is 10.9 Å². The van der Waals surface area contributed by atoms with Crippen LogP contribution in [0.2, 0.25) is 0 Å². The molecule has 1 fully saturated rings. The predicted octanol–water partition coefficient (Wildman–Crippen LogP) is 1.75. The summed E-state index contributed by atoms with van der Waals surface area (Å²) in [5, 5.41) is 10.9. The first-order valence-electron chi connectivity index (χ1n) is 9.59. The molecule has 2 atom stereocenters. The number of nitrogens with zero attached hydrogens (tertiary/aromatic N) is 3. The molecule has 1 aromatic heterocycles. The Hall–Kier alpha value is -1.89. The molecule has 0 saturated carbocycles. The number of carbonyl (C=O) groups is 1. The van der Waals surface area contributed by atoms with Gasteiger partial charge in [-0.1, -0.05) is 12.1 Å². The molecule has 0 unspecified atom stereocenters. The third kappa shape index (κ3) is 4.03. The van der Waals surface area contributed by atoms with Gasteiger partial charge in [0, 0.05) is 63.8 Å². The maximum Gasteiger partial charge on any atom is 0.270 e. The highest BCUT2D eigenvalue weighted by Crippen LogP contribution is 2.28. The number of benzene rings is 1. The molecule has 1 aromatic carbocycles. The number of aryl methyl sites for hydroxylation is 2. The summed E-state index contributed by atoms with van der Waals surface area (Å²) in [5.41, 5.74) is 2.96. The maximum atomic E-state index is 13.2. The van der Waals surface area contributed by atoms with Crippen molar-refractivity contribution in [1.29, 1.82) is 0 Å². The van der Waals surface area contributed by atoms with E-state index in [9.17, 15) is 9.90 Å². The van der Waals surface area contributed by atoms with Gasteiger partial charge in [-0.05, 0) is 37.6 Å². The van der Waals surface area contributed by atoms with Crippen molar-refractivity contribution >= 4 is 16.8 Å². The molecule has 1 N–H and O–H groups in total. The molecule has 27 heavy (non-hydrogen) atoms. The molecular weight excluding hydrogens is 342 g/mol. The number of amides is 1. The van der Waals surface area contributed by atoms with Gasteiger partial charge in [-0.2, -0.15) is 0 Å². The van der Waals surface area contributed by atoms with E-state index >= 15 is 0 Å². The SMILES string of the molecule is COCCN(C)C[C@@H]1CN(C(=O)c2cc3c(C)cccc3n2C)C[C@@H]1CO. The molecule has 3 rings (SSSR count). The van der Waals surface area contributed by atoms with Gasteiger partial charge in [0.15, 0.2) is 0 Å². The minimum Gasteiger partial charge on any atom is -0.396 e. The molecule has 1 aliphatic rings. The standard InChI is InChI=1S/C21H31N3O3/c1-15-6-5-7-19-18(15)10-20(23(19)3)21(26)24-12-16(17(13-24)14-25)11-22(2)8-9-27-4/h5-7,10,16-17,25H,8-9,11-14H2,1-4H3/t16-,17-/m1/s1. The Balaban J connectivity index is 1.76. The van der Waals surface area contributed by atoms with Gasteiger partial charge in [0.1, 0.15) is 5.69 Å². The smallest absolute Gasteiger partial charge is 0.270 e. The van der Waals surface area contributed by atoms with Gasteiger partial charge in [-0.25, -0.2) is 0 Å². The van der Waals surface area contributed by atoms with Crippen LogP contribution in [0.5, 0.6) is 0 Å². The van der Waals surface area contributed by atoms with Crippen molar-refractivity contribution in [3.8, 4) is 0 Å². The summed E-state index contributed by atoms with van der Waals surface area (Å²) >= 11 is 0. The van der Waals surface area contributed by atoms with E-state index < -0.39 is 0 Å². The highest BCUT2D eigenvalue weighted by Gasteiger charge is 2.36. The Morgan fingerprint density at radius 1 is 1.33 bits per heavy atom. The Bertz CT molecular complexity index is 801. The normalized spacial score (nSPS) is 20.1. The molecule has 2 heterocycles. The van der Waals surface area contributed by atoms with Gasteiger partial charge in [0.25, 0.3) is 5.91 Å². The number of ether oxygens (including phenoxy) is 1. The number of aliphatic hydroxyl groups excluding tert-OH is 1. The molecule has 6 nitrogen and oxygen atoms in total. The van der Waals surface area contributed by atoms with Gasteiger partial charge in [0.05, 0.1) is 6.61 Å². The summed E-state index contributed by atoms with van der Waals surface area (Å²) in [5.74, 6) is 0.446. The fourth-order valence-electron chi connectivity index (χ4n) is 4.13. The van der Waals surface area contributed by atoms with E-state index in [1.54, 1.807) is 7.11 Å². The molecule has 1 saturated heterocycles. The fraction of sp³-hybridized carbons (Fsp3) is 0.571. The third-order valence-electron chi connectivity index (χ3n) is 5.85. The number of hydrogen-bond donors (Lipinski definition) is 1. The van der Waals surface area contributed by atoms with Crippen molar-refractivity contribution in [3.05, 3.63) is 35.5 Å². The fourth-order valence-corrected chi connectivity index (χ4v) is 4.13. The first kappa shape index (κ1) is 19.9. The Labute approximate surface area is 161 Å². The zero-order valence-electron chi connectivity index (χ0n) is 16.8. The lowest BCUT2D eigenvalue weighted by Gasteiger charge is -2.23. The van der Waals surface area contributed by atoms with Crippen molar-refractivity contribution in [2.24, 2.45) is 18.9 Å². The van der Waals surface area contributed by atoms with Crippen LogP contribution in [-0.2, 0) is 11.8 Å². The van der Waals surface area contributed by atoms with E-state index in [1.807, 2.05) is 34.7 Å². The summed E-state index contributed by atoms with van der Waals surface area (Å²) in [6, 6.07) is 8.14. The molecule has 1 amide bonds. The van der Waals surface area contributed by atoms with Crippen LogP contribution in [0.15, 0.2) is 24.3 Å². The molecule has 0 bridgehead atoms. The molecule has 0 aliphatic carbocycles. The number of aliphatic hydroxyl groups is 1. The minimum absolute atomic E-state index is 0.0496. The summed E-state index contributed by atoms with van der Waals surface area (Å²) < 4.78 is 7.12. The predicted molar refractivity (Wildman–Crippen MR) is 107 cm³/mol. The van der Waals surface area contributed by atoms with Crippen LogP contribution in [0.3, 0.4) is 0 Å². The number of carbonyl (C=O) groups excluding carboxylic acids is 1. The summed E-state index contributed by atoms with van der Waals surface area (Å²) in [7, 11) is 5.71. The topological polar surface area (TPSA) is 57.9 Å². The monoisotopic (exact) mass is 373 g/mol. The van der Waals surface area contributed by atoms with Gasteiger partial charge < -0.3 is 24.2 Å². The number of hydrogen-bond acceptors (Lipinski definition) is 4. The number of likely N-dealkylation sites (N-methyl/N-ethyl adjacent to an activating group) is 1. The van der Waals surface area contributed by atoms with Crippen LogP contribution in [0.1, 0.15) is 16.1 Å². The maximum absolute atomic E-state index is 13.2. The molecule has 2 aromatic rings. The lowest BCUT2D eigenvalue weighted by molar-refractivity contribution is 0.0769. The molecule has 6 heteroatoms. The Morgan fingerprint density at radius 2 is 2.07 bits per heavy atom. The molecule has 0 spiro atoms. The van der Waals surface area contributed by atoms with Crippen LogP contribution in [0, 0.1) is 18.8 Å². The van der Waals surface area contributed by atoms with Gasteiger partial charge in [0.2, 0.25) is 0 Å². The zero-order valence-corrected chi connectivity index (χ0v) is 16.8. The van der Waals surface area contributed by atoms with Gasteiger partial charge >= 0.3 is 0 Å². The number of rotatable bonds is 7. The van der Waals surface area contributed by atoms with Crippen molar-refractivity contribution in [2.45, 2.75) is 6.92 Å². The Kier molecular flexibility index (Phi) is 6.19.